The minimum atomic E-state index is 0.617. The van der Waals surface area contributed by atoms with Crippen molar-refractivity contribution >= 4 is 22.2 Å². The Balaban J connectivity index is 2.57. The molecule has 0 aliphatic heterocycles. The third kappa shape index (κ3) is 0.923. The van der Waals surface area contributed by atoms with E-state index in [1.807, 2.05) is 31.2 Å². The van der Waals surface area contributed by atoms with E-state index in [4.69, 9.17) is 4.42 Å². The normalized spacial score (nSPS) is 11.2. The van der Waals surface area contributed by atoms with Crippen LogP contribution in [0.5, 0.6) is 0 Å². The third-order valence-corrected chi connectivity index (χ3v) is 2.21. The van der Waals surface area contributed by atoms with Crippen molar-refractivity contribution in [3.63, 3.8) is 0 Å². The molecular formula is C11H8N2O. The smallest absolute Gasteiger partial charge is 0.246 e. The van der Waals surface area contributed by atoms with Crippen LogP contribution >= 0.6 is 0 Å². The largest absolute Gasteiger partial charge is 0.436 e. The van der Waals surface area contributed by atoms with Gasteiger partial charge < -0.3 is 4.42 Å². The predicted molar refractivity (Wildman–Crippen MR) is 54.0 cm³/mol. The summed E-state index contributed by atoms with van der Waals surface area (Å²) in [6, 6.07) is 7.83. The SMILES string of the molecule is Cc1cnc2c(n1)oc1ccccc12. The van der Waals surface area contributed by atoms with Crippen LogP contribution in [0.15, 0.2) is 34.9 Å². The van der Waals surface area contributed by atoms with Crippen LogP contribution < -0.4 is 0 Å². The lowest BCUT2D eigenvalue weighted by atomic mass is 10.2. The summed E-state index contributed by atoms with van der Waals surface area (Å²) in [6.07, 6.45) is 1.75. The van der Waals surface area contributed by atoms with E-state index in [-0.39, 0.29) is 0 Å². The Hall–Kier alpha value is -1.90. The minimum absolute atomic E-state index is 0.617. The lowest BCUT2D eigenvalue weighted by Crippen LogP contribution is -1.82. The van der Waals surface area contributed by atoms with E-state index >= 15 is 0 Å². The van der Waals surface area contributed by atoms with Gasteiger partial charge in [0.1, 0.15) is 11.1 Å². The summed E-state index contributed by atoms with van der Waals surface area (Å²) in [4.78, 5) is 8.60. The van der Waals surface area contributed by atoms with Gasteiger partial charge in [-0.25, -0.2) is 9.97 Å². The minimum Gasteiger partial charge on any atom is -0.436 e. The molecule has 3 nitrogen and oxygen atoms in total. The summed E-state index contributed by atoms with van der Waals surface area (Å²) >= 11 is 0. The first kappa shape index (κ1) is 7.50. The van der Waals surface area contributed by atoms with Crippen molar-refractivity contribution in [2.24, 2.45) is 0 Å². The van der Waals surface area contributed by atoms with Gasteiger partial charge in [-0.2, -0.15) is 0 Å². The zero-order valence-corrected chi connectivity index (χ0v) is 7.69. The molecule has 0 N–H and O–H groups in total. The molecule has 0 amide bonds. The molecule has 0 aliphatic carbocycles. The number of hydrogen-bond acceptors (Lipinski definition) is 3. The first-order valence-corrected chi connectivity index (χ1v) is 4.45. The maximum Gasteiger partial charge on any atom is 0.246 e. The van der Waals surface area contributed by atoms with E-state index in [0.29, 0.717) is 5.71 Å². The van der Waals surface area contributed by atoms with Gasteiger partial charge in [-0.1, -0.05) is 12.1 Å². The van der Waals surface area contributed by atoms with Crippen molar-refractivity contribution < 1.29 is 4.42 Å². The molecule has 3 heteroatoms. The molecule has 0 saturated heterocycles. The summed E-state index contributed by atoms with van der Waals surface area (Å²) in [6.45, 7) is 1.90. The van der Waals surface area contributed by atoms with Gasteiger partial charge in [-0.05, 0) is 19.1 Å². The van der Waals surface area contributed by atoms with Crippen molar-refractivity contribution in [1.82, 2.24) is 9.97 Å². The molecule has 0 spiro atoms. The molecule has 2 aromatic heterocycles. The molecule has 0 saturated carbocycles. The molecule has 3 aromatic rings. The Morgan fingerprint density at radius 3 is 3.00 bits per heavy atom. The molecule has 1 aromatic carbocycles. The Bertz CT molecular complexity index is 613. The number of aromatic nitrogens is 2. The van der Waals surface area contributed by atoms with E-state index in [1.54, 1.807) is 6.20 Å². The molecule has 0 bridgehead atoms. The summed E-state index contributed by atoms with van der Waals surface area (Å²) in [5, 5.41) is 1.02. The number of benzene rings is 1. The fraction of sp³-hybridized carbons (Fsp3) is 0.0909. The summed E-state index contributed by atoms with van der Waals surface area (Å²) in [7, 11) is 0. The molecule has 0 atom stereocenters. The van der Waals surface area contributed by atoms with Gasteiger partial charge in [0.05, 0.1) is 5.69 Å². The molecule has 3 rings (SSSR count). The van der Waals surface area contributed by atoms with Gasteiger partial charge in [0.2, 0.25) is 5.71 Å². The lowest BCUT2D eigenvalue weighted by Gasteiger charge is -1.88. The number of nitrogens with zero attached hydrogens (tertiary/aromatic N) is 2. The number of hydrogen-bond donors (Lipinski definition) is 0. The van der Waals surface area contributed by atoms with Crippen molar-refractivity contribution in [2.75, 3.05) is 0 Å². The standard InChI is InChI=1S/C11H8N2O/c1-7-6-12-10-8-4-2-3-5-9(8)14-11(10)13-7/h2-6H,1H3. The number of fused-ring (bicyclic) bond motifs is 3. The number of aryl methyl sites for hydroxylation is 1. The zero-order chi connectivity index (χ0) is 9.54. The van der Waals surface area contributed by atoms with E-state index in [9.17, 15) is 0 Å². The Morgan fingerprint density at radius 1 is 1.21 bits per heavy atom. The second kappa shape index (κ2) is 2.54. The second-order valence-electron chi connectivity index (χ2n) is 3.26. The highest BCUT2D eigenvalue weighted by Crippen LogP contribution is 2.24. The molecule has 0 unspecified atom stereocenters. The average molecular weight is 184 g/mol. The number of rotatable bonds is 0. The molecule has 0 aliphatic rings. The van der Waals surface area contributed by atoms with Crippen molar-refractivity contribution in [2.45, 2.75) is 6.92 Å². The van der Waals surface area contributed by atoms with Crippen LogP contribution in [-0.2, 0) is 0 Å². The highest BCUT2D eigenvalue weighted by molar-refractivity contribution is 6.00. The number of para-hydroxylation sites is 1. The summed E-state index contributed by atoms with van der Waals surface area (Å²) < 4.78 is 5.56. The van der Waals surface area contributed by atoms with Crippen LogP contribution in [-0.4, -0.2) is 9.97 Å². The fourth-order valence-electron chi connectivity index (χ4n) is 1.57. The lowest BCUT2D eigenvalue weighted by molar-refractivity contribution is 0.651. The van der Waals surface area contributed by atoms with E-state index in [2.05, 4.69) is 9.97 Å². The Labute approximate surface area is 80.4 Å². The monoisotopic (exact) mass is 184 g/mol. The predicted octanol–water partition coefficient (Wildman–Crippen LogP) is 2.68. The topological polar surface area (TPSA) is 38.9 Å². The van der Waals surface area contributed by atoms with Crippen molar-refractivity contribution in [3.8, 4) is 0 Å². The van der Waals surface area contributed by atoms with E-state index in [0.717, 1.165) is 22.2 Å². The molecule has 0 radical (unpaired) electrons. The fourth-order valence-corrected chi connectivity index (χ4v) is 1.57. The molecular weight excluding hydrogens is 176 g/mol. The van der Waals surface area contributed by atoms with Gasteiger partial charge in [-0.15, -0.1) is 0 Å². The van der Waals surface area contributed by atoms with Crippen LogP contribution in [0, 0.1) is 6.92 Å². The molecule has 0 fully saturated rings. The zero-order valence-electron chi connectivity index (χ0n) is 7.69. The second-order valence-corrected chi connectivity index (χ2v) is 3.26. The Morgan fingerprint density at radius 2 is 2.07 bits per heavy atom. The first-order chi connectivity index (χ1) is 6.84. The molecule has 14 heavy (non-hydrogen) atoms. The Kier molecular flexibility index (Phi) is 1.36. The number of furan rings is 1. The maximum atomic E-state index is 5.56. The average Bonchev–Trinajstić information content (AvgIpc) is 2.54. The van der Waals surface area contributed by atoms with Crippen molar-refractivity contribution in [1.29, 1.82) is 0 Å². The van der Waals surface area contributed by atoms with Crippen LogP contribution in [0.3, 0.4) is 0 Å². The van der Waals surface area contributed by atoms with E-state index < -0.39 is 0 Å². The van der Waals surface area contributed by atoms with Crippen LogP contribution in [0.25, 0.3) is 22.2 Å². The molecule has 68 valence electrons. The highest BCUT2D eigenvalue weighted by Gasteiger charge is 2.07. The van der Waals surface area contributed by atoms with Gasteiger partial charge in [0.25, 0.3) is 0 Å². The third-order valence-electron chi connectivity index (χ3n) is 2.21. The van der Waals surface area contributed by atoms with Gasteiger partial charge in [0, 0.05) is 11.6 Å². The van der Waals surface area contributed by atoms with Crippen LogP contribution in [0.2, 0.25) is 0 Å². The highest BCUT2D eigenvalue weighted by atomic mass is 16.3. The quantitative estimate of drug-likeness (QED) is 0.539. The van der Waals surface area contributed by atoms with Crippen molar-refractivity contribution in [3.05, 3.63) is 36.2 Å². The van der Waals surface area contributed by atoms with E-state index in [1.165, 1.54) is 0 Å². The van der Waals surface area contributed by atoms with Gasteiger partial charge >= 0.3 is 0 Å². The van der Waals surface area contributed by atoms with Gasteiger partial charge in [0.15, 0.2) is 0 Å². The summed E-state index contributed by atoms with van der Waals surface area (Å²) in [5.74, 6) is 0. The maximum absolute atomic E-state index is 5.56. The van der Waals surface area contributed by atoms with Crippen LogP contribution in [0.4, 0.5) is 0 Å². The first-order valence-electron chi connectivity index (χ1n) is 4.45. The van der Waals surface area contributed by atoms with Crippen LogP contribution in [0.1, 0.15) is 5.69 Å². The molecule has 2 heterocycles. The van der Waals surface area contributed by atoms with Gasteiger partial charge in [-0.3, -0.25) is 0 Å². The summed E-state index contributed by atoms with van der Waals surface area (Å²) in [5.41, 5.74) is 3.17.